The van der Waals surface area contributed by atoms with Crippen molar-refractivity contribution in [2.75, 3.05) is 37.3 Å². The first-order valence-corrected chi connectivity index (χ1v) is 16.2. The van der Waals surface area contributed by atoms with E-state index in [2.05, 4.69) is 43.0 Å². The Morgan fingerprint density at radius 2 is 1.54 bits per heavy atom. The van der Waals surface area contributed by atoms with Crippen molar-refractivity contribution in [2.24, 2.45) is 0 Å². The van der Waals surface area contributed by atoms with Gasteiger partial charge in [0.25, 0.3) is 11.8 Å². The van der Waals surface area contributed by atoms with Crippen LogP contribution in [0.1, 0.15) is 66.7 Å². The lowest BCUT2D eigenvalue weighted by Crippen LogP contribution is -2.37. The Labute approximate surface area is 270 Å². The summed E-state index contributed by atoms with van der Waals surface area (Å²) in [4.78, 5) is 40.7. The monoisotopic (exact) mass is 624 g/mol. The minimum atomic E-state index is -0.350. The summed E-state index contributed by atoms with van der Waals surface area (Å²) in [6.07, 6.45) is 7.65. The third-order valence-electron chi connectivity index (χ3n) is 8.51. The van der Waals surface area contributed by atoms with Crippen LogP contribution in [0.4, 0.5) is 16.2 Å². The highest BCUT2D eigenvalue weighted by Crippen LogP contribution is 2.29. The summed E-state index contributed by atoms with van der Waals surface area (Å²) in [5.74, 6) is 0.271. The minimum Gasteiger partial charge on any atom is -0.457 e. The zero-order chi connectivity index (χ0) is 32.5. The number of carbonyl (C=O) groups excluding carboxylic acids is 3. The smallest absolute Gasteiger partial charge is 0.319 e. The summed E-state index contributed by atoms with van der Waals surface area (Å²) in [7, 11) is 1.54. The molecular formula is C36H44N6O4. The quantitative estimate of drug-likeness (QED) is 0.138. The lowest BCUT2D eigenvalue weighted by Gasteiger charge is -2.26. The van der Waals surface area contributed by atoms with Gasteiger partial charge in [-0.2, -0.15) is 0 Å². The van der Waals surface area contributed by atoms with Gasteiger partial charge in [0.05, 0.1) is 5.56 Å². The number of likely N-dealkylation sites (tertiary alicyclic amines) is 1. The number of anilines is 2. The second kappa shape index (κ2) is 15.4. The van der Waals surface area contributed by atoms with Gasteiger partial charge in [-0.05, 0) is 106 Å². The van der Waals surface area contributed by atoms with Crippen molar-refractivity contribution in [2.45, 2.75) is 58.5 Å². The Balaban J connectivity index is 1.20. The van der Waals surface area contributed by atoms with E-state index in [1.54, 1.807) is 42.5 Å². The summed E-state index contributed by atoms with van der Waals surface area (Å²) in [5, 5.41) is 12.3. The van der Waals surface area contributed by atoms with Gasteiger partial charge in [0.1, 0.15) is 11.5 Å². The van der Waals surface area contributed by atoms with Gasteiger partial charge in [0.2, 0.25) is 0 Å². The number of nitrogens with one attached hydrogen (secondary N) is 4. The molecule has 4 N–H and O–H groups in total. The second-order valence-corrected chi connectivity index (χ2v) is 11.7. The summed E-state index contributed by atoms with van der Waals surface area (Å²) >= 11 is 0. The fourth-order valence-corrected chi connectivity index (χ4v) is 5.76. The molecule has 1 saturated heterocycles. The number of benzene rings is 3. The van der Waals surface area contributed by atoms with Crippen molar-refractivity contribution in [3.63, 3.8) is 0 Å². The fraction of sp³-hybridized carbons (Fsp3) is 0.361. The first-order valence-electron chi connectivity index (χ1n) is 16.2. The van der Waals surface area contributed by atoms with Crippen LogP contribution in [0.5, 0.6) is 11.5 Å². The van der Waals surface area contributed by atoms with Crippen LogP contribution in [0.2, 0.25) is 0 Å². The highest BCUT2D eigenvalue weighted by Gasteiger charge is 2.16. The number of nitrogens with zero attached hydrogens (tertiary/aromatic N) is 2. The van der Waals surface area contributed by atoms with Gasteiger partial charge in [0, 0.05) is 60.2 Å². The predicted molar refractivity (Wildman–Crippen MR) is 183 cm³/mol. The molecule has 10 heteroatoms. The average Bonchev–Trinajstić information content (AvgIpc) is 3.50. The number of amides is 4. The summed E-state index contributed by atoms with van der Waals surface area (Å²) < 4.78 is 8.30. The molecule has 1 aliphatic rings. The molecule has 4 amide bonds. The van der Waals surface area contributed by atoms with Gasteiger partial charge < -0.3 is 35.5 Å². The van der Waals surface area contributed by atoms with Crippen molar-refractivity contribution in [1.29, 1.82) is 0 Å². The largest absolute Gasteiger partial charge is 0.457 e. The fourth-order valence-electron chi connectivity index (χ4n) is 5.76. The number of rotatable bonds is 12. The third kappa shape index (κ3) is 8.25. The number of aromatic nitrogens is 1. The second-order valence-electron chi connectivity index (χ2n) is 11.7. The van der Waals surface area contributed by atoms with E-state index in [1.165, 1.54) is 39.4 Å². The van der Waals surface area contributed by atoms with E-state index >= 15 is 0 Å². The van der Waals surface area contributed by atoms with Crippen LogP contribution < -0.4 is 26.0 Å². The molecule has 5 rings (SSSR count). The number of urea groups is 1. The standard InChI is InChI=1S/C36H44N6O4/c1-4-27(5-2)39-36(45)40-29-12-16-33(31(24-29)35(44)37-3)46-30-13-10-28(11-14-30)38-34(43)26-9-15-32-25(23-26)17-20-42(32)22-21-41-18-7-6-8-19-41/h9-17,20,23-24,27H,4-8,18-19,21-22H2,1-3H3,(H,37,44)(H,38,43)(H2,39,40,45). The Bertz CT molecular complexity index is 1660. The average molecular weight is 625 g/mol. The molecule has 46 heavy (non-hydrogen) atoms. The molecule has 0 atom stereocenters. The molecule has 1 aliphatic heterocycles. The molecule has 0 spiro atoms. The first kappa shape index (κ1) is 32.6. The minimum absolute atomic E-state index is 0.0735. The van der Waals surface area contributed by atoms with E-state index in [1.807, 2.05) is 32.0 Å². The maximum Gasteiger partial charge on any atom is 0.319 e. The van der Waals surface area contributed by atoms with Crippen molar-refractivity contribution in [3.05, 3.63) is 84.1 Å². The lowest BCUT2D eigenvalue weighted by molar-refractivity contribution is 0.0959. The Morgan fingerprint density at radius 3 is 2.26 bits per heavy atom. The molecule has 2 heterocycles. The zero-order valence-electron chi connectivity index (χ0n) is 26.9. The third-order valence-corrected chi connectivity index (χ3v) is 8.51. The zero-order valence-corrected chi connectivity index (χ0v) is 26.9. The highest BCUT2D eigenvalue weighted by molar-refractivity contribution is 6.06. The molecule has 0 aliphatic carbocycles. The highest BCUT2D eigenvalue weighted by atomic mass is 16.5. The van der Waals surface area contributed by atoms with Gasteiger partial charge >= 0.3 is 6.03 Å². The summed E-state index contributed by atoms with van der Waals surface area (Å²) in [6, 6.07) is 19.5. The van der Waals surface area contributed by atoms with E-state index in [0.29, 0.717) is 28.4 Å². The maximum atomic E-state index is 13.1. The van der Waals surface area contributed by atoms with Crippen LogP contribution in [0.25, 0.3) is 10.9 Å². The maximum absolute atomic E-state index is 13.1. The van der Waals surface area contributed by atoms with Crippen LogP contribution in [0.3, 0.4) is 0 Å². The van der Waals surface area contributed by atoms with E-state index in [-0.39, 0.29) is 29.5 Å². The molecule has 1 aromatic heterocycles. The molecule has 242 valence electrons. The van der Waals surface area contributed by atoms with Crippen LogP contribution in [0, 0.1) is 0 Å². The molecule has 3 aromatic carbocycles. The van der Waals surface area contributed by atoms with Crippen LogP contribution in [-0.2, 0) is 6.54 Å². The van der Waals surface area contributed by atoms with E-state index in [0.717, 1.165) is 36.8 Å². The van der Waals surface area contributed by atoms with Crippen molar-refractivity contribution in [3.8, 4) is 11.5 Å². The number of hydrogen-bond donors (Lipinski definition) is 4. The lowest BCUT2D eigenvalue weighted by atomic mass is 10.1. The van der Waals surface area contributed by atoms with Crippen LogP contribution in [0.15, 0.2) is 72.9 Å². The van der Waals surface area contributed by atoms with Gasteiger partial charge in [-0.1, -0.05) is 20.3 Å². The number of piperidine rings is 1. The van der Waals surface area contributed by atoms with Crippen LogP contribution in [-0.4, -0.2) is 60.0 Å². The molecular weight excluding hydrogens is 580 g/mol. The molecule has 10 nitrogen and oxygen atoms in total. The first-order chi connectivity index (χ1) is 22.4. The van der Waals surface area contributed by atoms with Crippen molar-refractivity contribution in [1.82, 2.24) is 20.1 Å². The van der Waals surface area contributed by atoms with Gasteiger partial charge in [-0.15, -0.1) is 0 Å². The topological polar surface area (TPSA) is 117 Å². The predicted octanol–water partition coefficient (Wildman–Crippen LogP) is 6.84. The van der Waals surface area contributed by atoms with Crippen LogP contribution >= 0.6 is 0 Å². The number of carbonyl (C=O) groups is 3. The summed E-state index contributed by atoms with van der Waals surface area (Å²) in [5.41, 5.74) is 3.07. The van der Waals surface area contributed by atoms with E-state index < -0.39 is 0 Å². The summed E-state index contributed by atoms with van der Waals surface area (Å²) in [6.45, 7) is 8.36. The van der Waals surface area contributed by atoms with E-state index in [9.17, 15) is 14.4 Å². The molecule has 4 aromatic rings. The van der Waals surface area contributed by atoms with Crippen molar-refractivity contribution < 1.29 is 19.1 Å². The van der Waals surface area contributed by atoms with Gasteiger partial charge in [0.15, 0.2) is 0 Å². The number of hydrogen-bond acceptors (Lipinski definition) is 5. The molecule has 0 radical (unpaired) electrons. The molecule has 1 fully saturated rings. The SMILES string of the molecule is CCC(CC)NC(=O)Nc1ccc(Oc2ccc(NC(=O)c3ccc4c(ccn4CCN4CCCCC4)c3)cc2)c(C(=O)NC)c1. The molecule has 0 bridgehead atoms. The Kier molecular flexibility index (Phi) is 10.9. The van der Waals surface area contributed by atoms with Gasteiger partial charge in [-0.3, -0.25) is 9.59 Å². The van der Waals surface area contributed by atoms with Gasteiger partial charge in [-0.25, -0.2) is 4.79 Å². The normalized spacial score (nSPS) is 13.4. The Hall–Kier alpha value is -4.83. The number of fused-ring (bicyclic) bond motifs is 1. The number of ether oxygens (including phenoxy) is 1. The molecule has 0 saturated carbocycles. The molecule has 0 unspecified atom stereocenters. The van der Waals surface area contributed by atoms with E-state index in [4.69, 9.17) is 4.74 Å². The Morgan fingerprint density at radius 1 is 0.804 bits per heavy atom. The van der Waals surface area contributed by atoms with Crippen molar-refractivity contribution >= 4 is 40.1 Å².